The highest BCUT2D eigenvalue weighted by Gasteiger charge is 2.36. The summed E-state index contributed by atoms with van der Waals surface area (Å²) in [7, 11) is 4.68. The van der Waals surface area contributed by atoms with Crippen molar-refractivity contribution in [3.05, 3.63) is 42.1 Å². The summed E-state index contributed by atoms with van der Waals surface area (Å²) in [6.07, 6.45) is 5.08. The Labute approximate surface area is 153 Å². The standard InChI is InChI=1S/C17H30N2O3Si.ClH/c1-19(14-8-16-23(20-2,21-3)22-4)15-13-18-12-11-17-9-6-5-7-10-17;/h5-7,9-12,18H,8,13-16H2,1-4H3;1H/b12-11+;. The molecule has 1 rings (SSSR count). The second-order valence-corrected chi connectivity index (χ2v) is 8.49. The minimum absolute atomic E-state index is 0. The monoisotopic (exact) mass is 374 g/mol. The van der Waals surface area contributed by atoms with Crippen LogP contribution in [0.1, 0.15) is 12.0 Å². The highest BCUT2D eigenvalue weighted by molar-refractivity contribution is 6.60. The smallest absolute Gasteiger partial charge is 0.390 e. The van der Waals surface area contributed by atoms with E-state index in [-0.39, 0.29) is 12.4 Å². The Morgan fingerprint density at radius 3 is 2.25 bits per heavy atom. The van der Waals surface area contributed by atoms with E-state index in [0.29, 0.717) is 0 Å². The van der Waals surface area contributed by atoms with Gasteiger partial charge in [-0.1, -0.05) is 30.3 Å². The number of hydrogen-bond acceptors (Lipinski definition) is 5. The summed E-state index contributed by atoms with van der Waals surface area (Å²) >= 11 is 0. The van der Waals surface area contributed by atoms with E-state index in [4.69, 9.17) is 13.3 Å². The van der Waals surface area contributed by atoms with Gasteiger partial charge in [0.25, 0.3) is 0 Å². The van der Waals surface area contributed by atoms with Crippen LogP contribution in [0.5, 0.6) is 0 Å². The van der Waals surface area contributed by atoms with Gasteiger partial charge in [0, 0.05) is 40.5 Å². The van der Waals surface area contributed by atoms with Gasteiger partial charge in [0.05, 0.1) is 0 Å². The van der Waals surface area contributed by atoms with Crippen LogP contribution in [0.25, 0.3) is 6.08 Å². The summed E-state index contributed by atoms with van der Waals surface area (Å²) in [4.78, 5) is 2.30. The molecule has 0 aliphatic heterocycles. The molecule has 138 valence electrons. The molecule has 5 nitrogen and oxygen atoms in total. The van der Waals surface area contributed by atoms with E-state index in [2.05, 4.69) is 35.5 Å². The third-order valence-electron chi connectivity index (χ3n) is 3.79. The van der Waals surface area contributed by atoms with Gasteiger partial charge in [0.1, 0.15) is 0 Å². The molecule has 0 bridgehead atoms. The molecule has 0 amide bonds. The lowest BCUT2D eigenvalue weighted by Crippen LogP contribution is -2.43. The second-order valence-electron chi connectivity index (χ2n) is 5.40. The normalized spacial score (nSPS) is 11.7. The maximum absolute atomic E-state index is 5.43. The van der Waals surface area contributed by atoms with Gasteiger partial charge in [-0.2, -0.15) is 0 Å². The Morgan fingerprint density at radius 2 is 1.67 bits per heavy atom. The van der Waals surface area contributed by atoms with Gasteiger partial charge < -0.3 is 23.5 Å². The Bertz CT molecular complexity index is 436. The van der Waals surface area contributed by atoms with Crippen LogP contribution in [-0.4, -0.2) is 61.7 Å². The van der Waals surface area contributed by atoms with Crippen LogP contribution in [0.4, 0.5) is 0 Å². The molecule has 0 saturated carbocycles. The Hall–Kier alpha value is -0.893. The van der Waals surface area contributed by atoms with Crippen molar-refractivity contribution in [2.24, 2.45) is 0 Å². The van der Waals surface area contributed by atoms with Crippen molar-refractivity contribution in [3.63, 3.8) is 0 Å². The van der Waals surface area contributed by atoms with Gasteiger partial charge >= 0.3 is 8.80 Å². The highest BCUT2D eigenvalue weighted by Crippen LogP contribution is 2.14. The molecular formula is C17H31ClN2O3Si. The first-order valence-corrected chi connectivity index (χ1v) is 9.88. The molecule has 0 heterocycles. The van der Waals surface area contributed by atoms with Crippen molar-refractivity contribution in [1.29, 1.82) is 0 Å². The maximum atomic E-state index is 5.43. The van der Waals surface area contributed by atoms with E-state index >= 15 is 0 Å². The van der Waals surface area contributed by atoms with Crippen LogP contribution in [0.15, 0.2) is 36.5 Å². The van der Waals surface area contributed by atoms with Gasteiger partial charge in [0.2, 0.25) is 0 Å². The number of likely N-dealkylation sites (N-methyl/N-ethyl adjacent to an activating group) is 1. The Morgan fingerprint density at radius 1 is 1.04 bits per heavy atom. The molecule has 1 aromatic rings. The first kappa shape index (κ1) is 23.1. The average Bonchev–Trinajstić information content (AvgIpc) is 2.60. The van der Waals surface area contributed by atoms with Crippen molar-refractivity contribution in [3.8, 4) is 0 Å². The number of rotatable bonds is 12. The minimum atomic E-state index is -2.42. The molecule has 0 aliphatic rings. The SMILES string of the molecule is CO[Si](CCCN(C)CCN/C=C/c1ccccc1)(OC)OC.Cl. The third kappa shape index (κ3) is 8.82. The van der Waals surface area contributed by atoms with Crippen LogP contribution in [0.3, 0.4) is 0 Å². The predicted octanol–water partition coefficient (Wildman–Crippen LogP) is 2.87. The van der Waals surface area contributed by atoms with Crippen molar-refractivity contribution in [2.45, 2.75) is 12.5 Å². The fraction of sp³-hybridized carbons (Fsp3) is 0.529. The van der Waals surface area contributed by atoms with E-state index in [0.717, 1.165) is 32.1 Å². The van der Waals surface area contributed by atoms with Crippen LogP contribution in [-0.2, 0) is 13.3 Å². The zero-order valence-corrected chi connectivity index (χ0v) is 17.0. The van der Waals surface area contributed by atoms with Crippen LogP contribution >= 0.6 is 12.4 Å². The molecule has 0 spiro atoms. The minimum Gasteiger partial charge on any atom is -0.390 e. The van der Waals surface area contributed by atoms with Crippen LogP contribution < -0.4 is 5.32 Å². The molecular weight excluding hydrogens is 344 g/mol. The van der Waals surface area contributed by atoms with Crippen LogP contribution in [0, 0.1) is 0 Å². The maximum Gasteiger partial charge on any atom is 0.500 e. The van der Waals surface area contributed by atoms with E-state index in [9.17, 15) is 0 Å². The number of nitrogens with one attached hydrogen (secondary N) is 1. The largest absolute Gasteiger partial charge is 0.500 e. The number of nitrogens with zero attached hydrogens (tertiary/aromatic N) is 1. The van der Waals surface area contributed by atoms with E-state index in [1.54, 1.807) is 21.3 Å². The summed E-state index contributed by atoms with van der Waals surface area (Å²) in [5, 5.41) is 3.32. The molecule has 24 heavy (non-hydrogen) atoms. The Balaban J connectivity index is 0.00000529. The van der Waals surface area contributed by atoms with Crippen LogP contribution in [0.2, 0.25) is 6.04 Å². The molecule has 0 radical (unpaired) electrons. The van der Waals surface area contributed by atoms with Gasteiger partial charge in [-0.3, -0.25) is 0 Å². The van der Waals surface area contributed by atoms with E-state index < -0.39 is 8.80 Å². The molecule has 0 aliphatic carbocycles. The summed E-state index contributed by atoms with van der Waals surface area (Å²) in [5.74, 6) is 0. The lowest BCUT2D eigenvalue weighted by atomic mass is 10.2. The lowest BCUT2D eigenvalue weighted by Gasteiger charge is -2.25. The van der Waals surface area contributed by atoms with Crippen molar-refractivity contribution >= 4 is 27.3 Å². The van der Waals surface area contributed by atoms with Gasteiger partial charge in [0.15, 0.2) is 0 Å². The third-order valence-corrected chi connectivity index (χ3v) is 6.62. The van der Waals surface area contributed by atoms with E-state index in [1.807, 2.05) is 24.4 Å². The number of hydrogen-bond donors (Lipinski definition) is 1. The number of halogens is 1. The summed E-state index contributed by atoms with van der Waals surface area (Å²) in [6, 6.07) is 11.1. The fourth-order valence-electron chi connectivity index (χ4n) is 2.29. The first-order valence-electron chi connectivity index (χ1n) is 7.95. The van der Waals surface area contributed by atoms with E-state index in [1.165, 1.54) is 5.56 Å². The summed E-state index contributed by atoms with van der Waals surface area (Å²) < 4.78 is 16.3. The topological polar surface area (TPSA) is 43.0 Å². The molecule has 0 saturated heterocycles. The average molecular weight is 375 g/mol. The molecule has 0 fully saturated rings. The van der Waals surface area contributed by atoms with Crippen molar-refractivity contribution in [2.75, 3.05) is 48.0 Å². The molecule has 0 unspecified atom stereocenters. The zero-order valence-electron chi connectivity index (χ0n) is 15.2. The predicted molar refractivity (Wildman–Crippen MR) is 104 cm³/mol. The molecule has 1 aromatic carbocycles. The van der Waals surface area contributed by atoms with Gasteiger partial charge in [-0.25, -0.2) is 0 Å². The van der Waals surface area contributed by atoms with Crippen molar-refractivity contribution < 1.29 is 13.3 Å². The summed E-state index contributed by atoms with van der Waals surface area (Å²) in [6.45, 7) is 2.90. The fourth-order valence-corrected chi connectivity index (χ4v) is 4.00. The Kier molecular flexibility index (Phi) is 12.9. The zero-order chi connectivity index (χ0) is 17.0. The molecule has 0 atom stereocenters. The summed E-state index contributed by atoms with van der Waals surface area (Å²) in [5.41, 5.74) is 1.20. The second kappa shape index (κ2) is 13.4. The number of benzene rings is 1. The first-order chi connectivity index (χ1) is 11.2. The van der Waals surface area contributed by atoms with Crippen molar-refractivity contribution in [1.82, 2.24) is 10.2 Å². The lowest BCUT2D eigenvalue weighted by molar-refractivity contribution is 0.122. The molecule has 7 heteroatoms. The van der Waals surface area contributed by atoms with Gasteiger partial charge in [-0.15, -0.1) is 12.4 Å². The molecule has 1 N–H and O–H groups in total. The van der Waals surface area contributed by atoms with Gasteiger partial charge in [-0.05, 0) is 37.9 Å². The quantitative estimate of drug-likeness (QED) is 0.450. The molecule has 0 aromatic heterocycles. The highest BCUT2D eigenvalue weighted by atomic mass is 35.5.